The van der Waals surface area contributed by atoms with Crippen molar-refractivity contribution in [3.05, 3.63) is 81.0 Å². The Labute approximate surface area is 226 Å². The molecule has 202 valence electrons. The summed E-state index contributed by atoms with van der Waals surface area (Å²) in [7, 11) is 0. The van der Waals surface area contributed by atoms with E-state index >= 15 is 0 Å². The van der Waals surface area contributed by atoms with Gasteiger partial charge in [0.2, 0.25) is 0 Å². The molecule has 1 aliphatic heterocycles. The van der Waals surface area contributed by atoms with E-state index in [9.17, 15) is 9.59 Å². The van der Waals surface area contributed by atoms with Crippen molar-refractivity contribution >= 4 is 11.8 Å². The summed E-state index contributed by atoms with van der Waals surface area (Å²) in [4.78, 5) is 25.0. The number of hydrogen-bond donors (Lipinski definition) is 1. The summed E-state index contributed by atoms with van der Waals surface area (Å²) in [5.41, 5.74) is 9.62. The number of hydrogen-bond acceptors (Lipinski definition) is 2. The number of nitrogens with one attached hydrogen (secondary N) is 1. The SMILES string of the molecule is CC(C)=CCC/C(C)=C/CCC1=CC(C/C=C(\C)CC/C=C(\C)CCC=C(C)C)C2=C(C1)C(=O)NC2=O. The molecule has 1 unspecified atom stereocenters. The Bertz CT molecular complexity index is 1050. The van der Waals surface area contributed by atoms with Crippen LogP contribution in [0.15, 0.2) is 81.0 Å². The number of carbonyl (C=O) groups is 2. The number of amides is 2. The molecule has 2 aliphatic rings. The van der Waals surface area contributed by atoms with Gasteiger partial charge in [0.15, 0.2) is 0 Å². The van der Waals surface area contributed by atoms with Crippen molar-refractivity contribution in [1.82, 2.24) is 5.32 Å². The molecule has 0 bridgehead atoms. The molecule has 2 rings (SSSR count). The van der Waals surface area contributed by atoms with Crippen LogP contribution < -0.4 is 5.32 Å². The van der Waals surface area contributed by atoms with Gasteiger partial charge in [0.05, 0.1) is 0 Å². The molecule has 0 aromatic carbocycles. The van der Waals surface area contributed by atoms with Gasteiger partial charge in [0.25, 0.3) is 11.8 Å². The van der Waals surface area contributed by atoms with Gasteiger partial charge in [-0.05, 0) is 113 Å². The quantitative estimate of drug-likeness (QED) is 0.190. The maximum absolute atomic E-state index is 12.5. The van der Waals surface area contributed by atoms with Gasteiger partial charge in [0, 0.05) is 17.1 Å². The summed E-state index contributed by atoms with van der Waals surface area (Å²) >= 11 is 0. The van der Waals surface area contributed by atoms with Gasteiger partial charge in [-0.2, -0.15) is 0 Å². The maximum Gasteiger partial charge on any atom is 0.255 e. The topological polar surface area (TPSA) is 46.2 Å². The molecule has 0 aromatic heterocycles. The van der Waals surface area contributed by atoms with Crippen LogP contribution in [0.2, 0.25) is 0 Å². The fourth-order valence-corrected chi connectivity index (χ4v) is 4.95. The predicted molar refractivity (Wildman–Crippen MR) is 158 cm³/mol. The lowest BCUT2D eigenvalue weighted by atomic mass is 9.81. The lowest BCUT2D eigenvalue weighted by Crippen LogP contribution is -2.24. The molecule has 0 fully saturated rings. The number of rotatable bonds is 14. The first kappa shape index (κ1) is 30.5. The Hall–Kier alpha value is -2.68. The van der Waals surface area contributed by atoms with Crippen LogP contribution in [-0.2, 0) is 9.59 Å². The van der Waals surface area contributed by atoms with Crippen molar-refractivity contribution in [2.75, 3.05) is 0 Å². The van der Waals surface area contributed by atoms with Gasteiger partial charge in [-0.15, -0.1) is 0 Å². The van der Waals surface area contributed by atoms with Crippen molar-refractivity contribution in [2.45, 2.75) is 113 Å². The number of imide groups is 1. The van der Waals surface area contributed by atoms with Crippen molar-refractivity contribution in [3.63, 3.8) is 0 Å². The molecule has 3 nitrogen and oxygen atoms in total. The summed E-state index contributed by atoms with van der Waals surface area (Å²) in [5, 5.41) is 2.54. The minimum Gasteiger partial charge on any atom is -0.289 e. The third-order valence-corrected chi connectivity index (χ3v) is 7.17. The Morgan fingerprint density at radius 1 is 0.730 bits per heavy atom. The van der Waals surface area contributed by atoms with E-state index in [2.05, 4.69) is 90.2 Å². The first-order chi connectivity index (χ1) is 17.6. The zero-order valence-electron chi connectivity index (χ0n) is 24.4. The fourth-order valence-electron chi connectivity index (χ4n) is 4.95. The van der Waals surface area contributed by atoms with E-state index in [1.54, 1.807) is 0 Å². The molecular weight excluding hydrogens is 454 g/mol. The molecule has 1 N–H and O–H groups in total. The van der Waals surface area contributed by atoms with Gasteiger partial charge >= 0.3 is 0 Å². The average molecular weight is 504 g/mol. The summed E-state index contributed by atoms with van der Waals surface area (Å²) in [6.07, 6.45) is 23.6. The van der Waals surface area contributed by atoms with Crippen molar-refractivity contribution < 1.29 is 9.59 Å². The molecule has 0 spiro atoms. The van der Waals surface area contributed by atoms with Crippen molar-refractivity contribution in [2.24, 2.45) is 5.92 Å². The average Bonchev–Trinajstić information content (AvgIpc) is 3.10. The number of carbonyl (C=O) groups excluding carboxylic acids is 2. The van der Waals surface area contributed by atoms with E-state index in [0.29, 0.717) is 17.6 Å². The third-order valence-electron chi connectivity index (χ3n) is 7.17. The van der Waals surface area contributed by atoms with Crippen LogP contribution >= 0.6 is 0 Å². The smallest absolute Gasteiger partial charge is 0.255 e. The van der Waals surface area contributed by atoms with Crippen LogP contribution in [0.5, 0.6) is 0 Å². The first-order valence-electron chi connectivity index (χ1n) is 14.1. The molecule has 3 heteroatoms. The molecule has 0 saturated carbocycles. The zero-order chi connectivity index (χ0) is 27.4. The molecule has 1 atom stereocenters. The molecule has 0 saturated heterocycles. The normalized spacial score (nSPS) is 18.5. The van der Waals surface area contributed by atoms with Crippen LogP contribution in [0, 0.1) is 5.92 Å². The standard InChI is InChI=1S/C34H49NO2/c1-24(2)12-8-14-26(5)16-10-17-28(7)20-21-30-22-29(23-31-32(30)34(37)35-33(31)36)19-11-18-27(6)15-9-13-25(3)4/h12-13,16,18,20,22,30H,8-11,14-15,17,19,21,23H2,1-7H3,(H,35,36,37)/b26-16+,27-18+,28-20+. The molecule has 0 radical (unpaired) electrons. The fraction of sp³-hybridized carbons (Fsp3) is 0.529. The van der Waals surface area contributed by atoms with E-state index in [1.165, 1.54) is 33.4 Å². The molecule has 0 aromatic rings. The Kier molecular flexibility index (Phi) is 12.8. The summed E-state index contributed by atoms with van der Waals surface area (Å²) < 4.78 is 0. The Morgan fingerprint density at radius 2 is 1.24 bits per heavy atom. The summed E-state index contributed by atoms with van der Waals surface area (Å²) in [6.45, 7) is 15.2. The van der Waals surface area contributed by atoms with Gasteiger partial charge < -0.3 is 0 Å². The highest BCUT2D eigenvalue weighted by atomic mass is 16.2. The van der Waals surface area contributed by atoms with Gasteiger partial charge in [-0.3, -0.25) is 14.9 Å². The molecular formula is C34H49NO2. The van der Waals surface area contributed by atoms with Gasteiger partial charge in [0.1, 0.15) is 0 Å². The van der Waals surface area contributed by atoms with Gasteiger partial charge in [-0.1, -0.05) is 69.9 Å². The Balaban J connectivity index is 1.97. The summed E-state index contributed by atoms with van der Waals surface area (Å²) in [5.74, 6) is -0.404. The van der Waals surface area contributed by atoms with E-state index < -0.39 is 0 Å². The third kappa shape index (κ3) is 11.1. The van der Waals surface area contributed by atoms with Crippen molar-refractivity contribution in [1.29, 1.82) is 0 Å². The highest BCUT2D eigenvalue weighted by Gasteiger charge is 2.36. The second-order valence-corrected chi connectivity index (χ2v) is 11.4. The van der Waals surface area contributed by atoms with Crippen LogP contribution in [-0.4, -0.2) is 11.8 Å². The highest BCUT2D eigenvalue weighted by Crippen LogP contribution is 2.36. The second-order valence-electron chi connectivity index (χ2n) is 11.4. The lowest BCUT2D eigenvalue weighted by Gasteiger charge is -2.21. The van der Waals surface area contributed by atoms with Gasteiger partial charge in [-0.25, -0.2) is 0 Å². The number of allylic oxidation sites excluding steroid dienone is 12. The highest BCUT2D eigenvalue weighted by molar-refractivity contribution is 6.20. The van der Waals surface area contributed by atoms with Crippen molar-refractivity contribution in [3.8, 4) is 0 Å². The van der Waals surface area contributed by atoms with Crippen LogP contribution in [0.3, 0.4) is 0 Å². The Morgan fingerprint density at radius 3 is 1.81 bits per heavy atom. The lowest BCUT2D eigenvalue weighted by molar-refractivity contribution is -0.124. The molecule has 1 heterocycles. The summed E-state index contributed by atoms with van der Waals surface area (Å²) in [6, 6.07) is 0. The van der Waals surface area contributed by atoms with E-state index in [-0.39, 0.29) is 17.7 Å². The van der Waals surface area contributed by atoms with Crippen LogP contribution in [0.1, 0.15) is 113 Å². The minimum absolute atomic E-state index is 0.00996. The van der Waals surface area contributed by atoms with Crippen LogP contribution in [0.25, 0.3) is 0 Å². The maximum atomic E-state index is 12.5. The second kappa shape index (κ2) is 15.5. The predicted octanol–water partition coefficient (Wildman–Crippen LogP) is 9.17. The van der Waals surface area contributed by atoms with Crippen LogP contribution in [0.4, 0.5) is 0 Å². The van der Waals surface area contributed by atoms with E-state index in [1.807, 2.05) is 0 Å². The first-order valence-corrected chi connectivity index (χ1v) is 14.1. The molecule has 37 heavy (non-hydrogen) atoms. The largest absolute Gasteiger partial charge is 0.289 e. The van der Waals surface area contributed by atoms with E-state index in [4.69, 9.17) is 0 Å². The zero-order valence-corrected chi connectivity index (χ0v) is 24.4. The molecule has 2 amide bonds. The van der Waals surface area contributed by atoms with E-state index in [0.717, 1.165) is 57.8 Å². The monoisotopic (exact) mass is 503 g/mol. The minimum atomic E-state index is -0.198. The molecule has 1 aliphatic carbocycles.